The molecule has 7 heteroatoms. The van der Waals surface area contributed by atoms with Crippen molar-refractivity contribution in [2.24, 2.45) is 0 Å². The molecule has 0 heterocycles. The van der Waals surface area contributed by atoms with Crippen molar-refractivity contribution >= 4 is 21.6 Å². The molecule has 6 nitrogen and oxygen atoms in total. The number of carbonyl (C=O) groups excluding carboxylic acids is 1. The molecule has 3 aromatic rings. The summed E-state index contributed by atoms with van der Waals surface area (Å²) in [5, 5.41) is 2.94. The fourth-order valence-electron chi connectivity index (χ4n) is 3.73. The minimum Gasteiger partial charge on any atom is -0.492 e. The van der Waals surface area contributed by atoms with Gasteiger partial charge in [0.15, 0.2) is 0 Å². The Bertz CT molecular complexity index is 1230. The minimum absolute atomic E-state index is 0.0330. The van der Waals surface area contributed by atoms with Crippen molar-refractivity contribution in [2.75, 3.05) is 17.5 Å². The SMILES string of the molecule is CCOc1ccccc1N(CC(=O)N[C@@H](C)c1ccc(C(C)(C)C)cc1)S(=O)(=O)c1ccccc1. The number of nitrogens with zero attached hydrogens (tertiary/aromatic N) is 1. The molecule has 1 amide bonds. The number of rotatable bonds is 9. The van der Waals surface area contributed by atoms with Gasteiger partial charge in [-0.15, -0.1) is 0 Å². The van der Waals surface area contributed by atoms with Crippen LogP contribution in [0.2, 0.25) is 0 Å². The maximum absolute atomic E-state index is 13.6. The van der Waals surface area contributed by atoms with Crippen molar-refractivity contribution in [3.8, 4) is 5.75 Å². The third kappa shape index (κ3) is 6.42. The second-order valence-corrected chi connectivity index (χ2v) is 11.2. The second-order valence-electron chi connectivity index (χ2n) is 9.39. The smallest absolute Gasteiger partial charge is 0.264 e. The largest absolute Gasteiger partial charge is 0.492 e. The molecule has 0 spiro atoms. The Morgan fingerprint density at radius 1 is 0.943 bits per heavy atom. The number of ether oxygens (including phenoxy) is 1. The molecule has 3 aromatic carbocycles. The minimum atomic E-state index is -4.02. The molecule has 35 heavy (non-hydrogen) atoms. The van der Waals surface area contributed by atoms with Crippen LogP contribution in [-0.2, 0) is 20.2 Å². The zero-order valence-corrected chi connectivity index (χ0v) is 21.8. The van der Waals surface area contributed by atoms with E-state index in [-0.39, 0.29) is 22.9 Å². The standard InChI is InChI=1S/C28H34N2O4S/c1-6-34-26-15-11-10-14-25(26)30(35(32,33)24-12-8-7-9-13-24)20-27(31)29-21(2)22-16-18-23(19-17-22)28(3,4)5/h7-19,21H,6,20H2,1-5H3,(H,29,31)/t21-/m0/s1. The highest BCUT2D eigenvalue weighted by molar-refractivity contribution is 7.92. The zero-order chi connectivity index (χ0) is 25.6. The molecule has 0 aromatic heterocycles. The summed E-state index contributed by atoms with van der Waals surface area (Å²) in [4.78, 5) is 13.2. The van der Waals surface area contributed by atoms with E-state index in [9.17, 15) is 13.2 Å². The maximum atomic E-state index is 13.6. The molecule has 0 saturated carbocycles. The lowest BCUT2D eigenvalue weighted by Gasteiger charge is -2.27. The van der Waals surface area contributed by atoms with Crippen molar-refractivity contribution < 1.29 is 17.9 Å². The summed E-state index contributed by atoms with van der Waals surface area (Å²) in [5.41, 5.74) is 2.49. The summed E-state index contributed by atoms with van der Waals surface area (Å²) in [6.07, 6.45) is 0. The number of hydrogen-bond acceptors (Lipinski definition) is 4. The second kappa shape index (κ2) is 11.0. The van der Waals surface area contributed by atoms with Gasteiger partial charge in [0.25, 0.3) is 10.0 Å². The number of hydrogen-bond donors (Lipinski definition) is 1. The predicted octanol–water partition coefficient (Wildman–Crippen LogP) is 5.46. The van der Waals surface area contributed by atoms with Gasteiger partial charge in [-0.05, 0) is 54.7 Å². The Balaban J connectivity index is 1.88. The number of carbonyl (C=O) groups is 1. The van der Waals surface area contributed by atoms with Gasteiger partial charge in [-0.3, -0.25) is 9.10 Å². The first-order valence-electron chi connectivity index (χ1n) is 11.7. The van der Waals surface area contributed by atoms with Gasteiger partial charge in [-0.2, -0.15) is 0 Å². The Morgan fingerprint density at radius 3 is 2.14 bits per heavy atom. The third-order valence-electron chi connectivity index (χ3n) is 5.71. The molecule has 0 aliphatic heterocycles. The van der Waals surface area contributed by atoms with E-state index in [2.05, 4.69) is 38.2 Å². The van der Waals surface area contributed by atoms with E-state index < -0.39 is 15.9 Å². The van der Waals surface area contributed by atoms with Crippen LogP contribution in [0.4, 0.5) is 5.69 Å². The van der Waals surface area contributed by atoms with Crippen LogP contribution in [0.1, 0.15) is 51.8 Å². The van der Waals surface area contributed by atoms with Gasteiger partial charge in [0.05, 0.1) is 23.2 Å². The number of nitrogens with one attached hydrogen (secondary N) is 1. The average molecular weight is 495 g/mol. The molecule has 0 radical (unpaired) electrons. The molecule has 186 valence electrons. The first-order chi connectivity index (χ1) is 16.5. The number of benzene rings is 3. The van der Waals surface area contributed by atoms with Crippen LogP contribution in [0.15, 0.2) is 83.8 Å². The lowest BCUT2D eigenvalue weighted by Crippen LogP contribution is -2.41. The zero-order valence-electron chi connectivity index (χ0n) is 21.0. The average Bonchev–Trinajstić information content (AvgIpc) is 2.83. The van der Waals surface area contributed by atoms with Crippen LogP contribution in [0.5, 0.6) is 5.75 Å². The fraction of sp³-hybridized carbons (Fsp3) is 0.321. The van der Waals surface area contributed by atoms with E-state index in [0.717, 1.165) is 9.87 Å². The lowest BCUT2D eigenvalue weighted by molar-refractivity contribution is -0.120. The van der Waals surface area contributed by atoms with E-state index in [4.69, 9.17) is 4.74 Å². The van der Waals surface area contributed by atoms with E-state index >= 15 is 0 Å². The number of anilines is 1. The molecule has 1 atom stereocenters. The van der Waals surface area contributed by atoms with Crippen LogP contribution in [0, 0.1) is 0 Å². The molecular formula is C28H34N2O4S. The monoisotopic (exact) mass is 494 g/mol. The molecular weight excluding hydrogens is 460 g/mol. The molecule has 3 rings (SSSR count). The Hall–Kier alpha value is -3.32. The van der Waals surface area contributed by atoms with Crippen LogP contribution in [0.3, 0.4) is 0 Å². The van der Waals surface area contributed by atoms with Crippen LogP contribution >= 0.6 is 0 Å². The van der Waals surface area contributed by atoms with Gasteiger partial charge < -0.3 is 10.1 Å². The van der Waals surface area contributed by atoms with Gasteiger partial charge >= 0.3 is 0 Å². The molecule has 0 aliphatic carbocycles. The van der Waals surface area contributed by atoms with Gasteiger partial charge in [0, 0.05) is 0 Å². The fourth-order valence-corrected chi connectivity index (χ4v) is 5.19. The van der Waals surface area contributed by atoms with Crippen molar-refractivity contribution in [3.63, 3.8) is 0 Å². The normalized spacial score (nSPS) is 12.6. The summed E-state index contributed by atoms with van der Waals surface area (Å²) in [6, 6.07) is 22.7. The molecule has 0 aliphatic rings. The summed E-state index contributed by atoms with van der Waals surface area (Å²) in [6.45, 7) is 10.1. The van der Waals surface area contributed by atoms with Gasteiger partial charge in [0.2, 0.25) is 5.91 Å². The van der Waals surface area contributed by atoms with Crippen LogP contribution < -0.4 is 14.4 Å². The lowest BCUT2D eigenvalue weighted by atomic mass is 9.86. The first kappa shape index (κ1) is 26.3. The molecule has 0 saturated heterocycles. The van der Waals surface area contributed by atoms with Gasteiger partial charge in [-0.25, -0.2) is 8.42 Å². The van der Waals surface area contributed by atoms with E-state index in [0.29, 0.717) is 18.0 Å². The van der Waals surface area contributed by atoms with Gasteiger partial charge in [-0.1, -0.05) is 75.4 Å². The number of para-hydroxylation sites is 2. The third-order valence-corrected chi connectivity index (χ3v) is 7.48. The quantitative estimate of drug-likeness (QED) is 0.429. The Morgan fingerprint density at radius 2 is 1.54 bits per heavy atom. The number of sulfonamides is 1. The maximum Gasteiger partial charge on any atom is 0.264 e. The van der Waals surface area contributed by atoms with E-state index in [1.54, 1.807) is 42.5 Å². The molecule has 0 fully saturated rings. The number of amides is 1. The van der Waals surface area contributed by atoms with Crippen molar-refractivity contribution in [1.29, 1.82) is 0 Å². The predicted molar refractivity (Wildman–Crippen MR) is 140 cm³/mol. The highest BCUT2D eigenvalue weighted by Crippen LogP contribution is 2.32. The van der Waals surface area contributed by atoms with E-state index in [1.165, 1.54) is 17.7 Å². The van der Waals surface area contributed by atoms with Crippen molar-refractivity contribution in [1.82, 2.24) is 5.32 Å². The highest BCUT2D eigenvalue weighted by atomic mass is 32.2. The summed E-state index contributed by atoms with van der Waals surface area (Å²) < 4.78 is 34.0. The Labute approximate surface area is 209 Å². The summed E-state index contributed by atoms with van der Waals surface area (Å²) >= 11 is 0. The molecule has 1 N–H and O–H groups in total. The first-order valence-corrected chi connectivity index (χ1v) is 13.2. The Kier molecular flexibility index (Phi) is 8.22. The molecule has 0 bridgehead atoms. The highest BCUT2D eigenvalue weighted by Gasteiger charge is 2.29. The van der Waals surface area contributed by atoms with Crippen LogP contribution in [-0.4, -0.2) is 27.5 Å². The topological polar surface area (TPSA) is 75.7 Å². The van der Waals surface area contributed by atoms with Crippen LogP contribution in [0.25, 0.3) is 0 Å². The van der Waals surface area contributed by atoms with Crippen molar-refractivity contribution in [3.05, 3.63) is 90.0 Å². The summed E-state index contributed by atoms with van der Waals surface area (Å²) in [7, 11) is -4.02. The molecule has 0 unspecified atom stereocenters. The van der Waals surface area contributed by atoms with Gasteiger partial charge in [0.1, 0.15) is 12.3 Å². The van der Waals surface area contributed by atoms with Crippen molar-refractivity contribution in [2.45, 2.75) is 51.0 Å². The van der Waals surface area contributed by atoms with E-state index in [1.807, 2.05) is 26.0 Å². The summed E-state index contributed by atoms with van der Waals surface area (Å²) in [5.74, 6) is -0.0173.